The highest BCUT2D eigenvalue weighted by molar-refractivity contribution is 6.30. The third-order valence-electron chi connectivity index (χ3n) is 8.22. The van der Waals surface area contributed by atoms with Gasteiger partial charge in [0.05, 0.1) is 11.0 Å². The minimum atomic E-state index is 0.640. The van der Waals surface area contributed by atoms with E-state index in [1.165, 1.54) is 16.2 Å². The predicted molar refractivity (Wildman–Crippen MR) is 175 cm³/mol. The molecule has 0 saturated carbocycles. The smallest absolute Gasteiger partial charge is 0.164 e. The lowest BCUT2D eigenvalue weighted by Gasteiger charge is -2.13. The zero-order valence-electron chi connectivity index (χ0n) is 23.0. The normalized spacial score (nSPS) is 11.7. The van der Waals surface area contributed by atoms with Gasteiger partial charge in [-0.05, 0) is 39.7 Å². The first kappa shape index (κ1) is 23.7. The van der Waals surface area contributed by atoms with Crippen LogP contribution in [0.2, 0.25) is 0 Å². The van der Waals surface area contributed by atoms with E-state index in [0.29, 0.717) is 17.5 Å². The molecule has 0 aliphatic carbocycles. The van der Waals surface area contributed by atoms with Crippen molar-refractivity contribution in [3.8, 4) is 34.2 Å². The monoisotopic (exact) mass is 549 g/mol. The Morgan fingerprint density at radius 3 is 1.79 bits per heavy atom. The standard InChI is InChI=1S/C38H23N5/c1-3-12-25(13-4-1)36-40-37(26-14-5-2-6-15-26)42-38(41-36)27-19-20-29-31(23-27)33-28-16-8-7-11-24(28)18-21-30(33)34-35(29)43-22-10-9-17-32(43)39-34/h1-23H. The lowest BCUT2D eigenvalue weighted by molar-refractivity contribution is 1.07. The first-order chi connectivity index (χ1) is 21.3. The SMILES string of the molecule is c1ccc(-c2nc(-c3ccccc3)nc(-c3ccc4c(c3)c3c5ccccc5ccc3c3nc5ccccn5c43)n2)cc1. The maximum atomic E-state index is 5.10. The van der Waals surface area contributed by atoms with E-state index in [4.69, 9.17) is 19.9 Å². The summed E-state index contributed by atoms with van der Waals surface area (Å²) in [6.07, 6.45) is 2.09. The van der Waals surface area contributed by atoms with Gasteiger partial charge in [-0.2, -0.15) is 0 Å². The van der Waals surface area contributed by atoms with Crippen LogP contribution in [-0.4, -0.2) is 24.3 Å². The zero-order chi connectivity index (χ0) is 28.3. The Morgan fingerprint density at radius 1 is 0.419 bits per heavy atom. The van der Waals surface area contributed by atoms with Crippen molar-refractivity contribution in [1.29, 1.82) is 0 Å². The van der Waals surface area contributed by atoms with Gasteiger partial charge >= 0.3 is 0 Å². The molecule has 0 atom stereocenters. The summed E-state index contributed by atoms with van der Waals surface area (Å²) in [6, 6.07) is 45.9. The fourth-order valence-corrected chi connectivity index (χ4v) is 6.23. The molecule has 0 amide bonds. The second-order valence-electron chi connectivity index (χ2n) is 10.7. The van der Waals surface area contributed by atoms with Crippen molar-refractivity contribution in [3.05, 3.63) is 140 Å². The van der Waals surface area contributed by atoms with Crippen LogP contribution in [0.3, 0.4) is 0 Å². The highest BCUT2D eigenvalue weighted by atomic mass is 15.0. The van der Waals surface area contributed by atoms with Crippen LogP contribution in [0.4, 0.5) is 0 Å². The van der Waals surface area contributed by atoms with E-state index in [-0.39, 0.29) is 0 Å². The molecule has 200 valence electrons. The van der Waals surface area contributed by atoms with E-state index in [2.05, 4.69) is 77.3 Å². The van der Waals surface area contributed by atoms with Crippen LogP contribution in [0.1, 0.15) is 0 Å². The summed E-state index contributed by atoms with van der Waals surface area (Å²) < 4.78 is 2.19. The number of nitrogens with zero attached hydrogens (tertiary/aromatic N) is 5. The van der Waals surface area contributed by atoms with Crippen LogP contribution in [0, 0.1) is 0 Å². The molecular weight excluding hydrogens is 526 g/mol. The van der Waals surface area contributed by atoms with Crippen LogP contribution in [0.15, 0.2) is 140 Å². The summed E-state index contributed by atoms with van der Waals surface area (Å²) in [5.41, 5.74) is 5.88. The summed E-state index contributed by atoms with van der Waals surface area (Å²) in [7, 11) is 0. The molecule has 0 N–H and O–H groups in total. The van der Waals surface area contributed by atoms with Gasteiger partial charge in [-0.3, -0.25) is 4.40 Å². The maximum Gasteiger partial charge on any atom is 0.164 e. The van der Waals surface area contributed by atoms with Crippen LogP contribution in [-0.2, 0) is 0 Å². The molecule has 0 saturated heterocycles. The van der Waals surface area contributed by atoms with Crippen LogP contribution in [0.5, 0.6) is 0 Å². The largest absolute Gasteiger partial charge is 0.299 e. The van der Waals surface area contributed by atoms with Gasteiger partial charge in [0.1, 0.15) is 5.65 Å². The van der Waals surface area contributed by atoms with Crippen molar-refractivity contribution in [2.75, 3.05) is 0 Å². The van der Waals surface area contributed by atoms with Gasteiger partial charge in [-0.25, -0.2) is 19.9 Å². The molecule has 0 radical (unpaired) electrons. The molecule has 0 fully saturated rings. The molecule has 6 aromatic carbocycles. The van der Waals surface area contributed by atoms with Crippen molar-refractivity contribution in [3.63, 3.8) is 0 Å². The molecule has 5 heteroatoms. The number of pyridine rings is 1. The molecule has 3 aromatic heterocycles. The summed E-state index contributed by atoms with van der Waals surface area (Å²) in [4.78, 5) is 20.0. The Kier molecular flexibility index (Phi) is 5.13. The van der Waals surface area contributed by atoms with Gasteiger partial charge in [-0.15, -0.1) is 0 Å². The van der Waals surface area contributed by atoms with Crippen molar-refractivity contribution >= 4 is 49.0 Å². The van der Waals surface area contributed by atoms with Gasteiger partial charge in [-0.1, -0.05) is 115 Å². The summed E-state index contributed by atoms with van der Waals surface area (Å²) in [5, 5.41) is 7.00. The number of imidazole rings is 1. The van der Waals surface area contributed by atoms with Crippen molar-refractivity contribution in [2.24, 2.45) is 0 Å². The van der Waals surface area contributed by atoms with Crippen LogP contribution < -0.4 is 0 Å². The molecule has 9 aromatic rings. The lowest BCUT2D eigenvalue weighted by atomic mass is 9.93. The summed E-state index contributed by atoms with van der Waals surface area (Å²) in [5.74, 6) is 1.94. The summed E-state index contributed by atoms with van der Waals surface area (Å²) in [6.45, 7) is 0. The van der Waals surface area contributed by atoms with E-state index >= 15 is 0 Å². The molecule has 0 unspecified atom stereocenters. The van der Waals surface area contributed by atoms with E-state index in [1.54, 1.807) is 0 Å². The molecule has 0 aliphatic heterocycles. The highest BCUT2D eigenvalue weighted by Crippen LogP contribution is 2.40. The highest BCUT2D eigenvalue weighted by Gasteiger charge is 2.18. The Morgan fingerprint density at radius 2 is 1.05 bits per heavy atom. The fraction of sp³-hybridized carbons (Fsp3) is 0. The Labute approximate surface area is 246 Å². The molecule has 0 bridgehead atoms. The predicted octanol–water partition coefficient (Wildman–Crippen LogP) is 9.13. The first-order valence-electron chi connectivity index (χ1n) is 14.3. The number of hydrogen-bond acceptors (Lipinski definition) is 4. The number of aromatic nitrogens is 5. The minimum absolute atomic E-state index is 0.640. The lowest BCUT2D eigenvalue weighted by Crippen LogP contribution is -2.00. The van der Waals surface area contributed by atoms with Crippen molar-refractivity contribution in [1.82, 2.24) is 24.3 Å². The molecule has 0 aliphatic rings. The third kappa shape index (κ3) is 3.72. The second kappa shape index (κ2) is 9.29. The van der Waals surface area contributed by atoms with Gasteiger partial charge in [0.25, 0.3) is 0 Å². The molecular formula is C38H23N5. The summed E-state index contributed by atoms with van der Waals surface area (Å²) >= 11 is 0. The number of fused-ring (bicyclic) bond motifs is 10. The third-order valence-corrected chi connectivity index (χ3v) is 8.22. The minimum Gasteiger partial charge on any atom is -0.299 e. The first-order valence-corrected chi connectivity index (χ1v) is 14.3. The quantitative estimate of drug-likeness (QED) is 0.206. The van der Waals surface area contributed by atoms with E-state index in [1.807, 2.05) is 66.7 Å². The van der Waals surface area contributed by atoms with Gasteiger partial charge < -0.3 is 0 Å². The Hall–Kier alpha value is -5.94. The number of hydrogen-bond donors (Lipinski definition) is 0. The van der Waals surface area contributed by atoms with Crippen LogP contribution in [0.25, 0.3) is 83.2 Å². The van der Waals surface area contributed by atoms with E-state index in [9.17, 15) is 0 Å². The molecule has 0 spiro atoms. The van der Waals surface area contributed by atoms with Gasteiger partial charge in [0, 0.05) is 33.7 Å². The number of rotatable bonds is 3. The second-order valence-corrected chi connectivity index (χ2v) is 10.7. The average Bonchev–Trinajstić information content (AvgIpc) is 3.48. The Balaban J connectivity index is 1.39. The fourth-order valence-electron chi connectivity index (χ4n) is 6.23. The van der Waals surface area contributed by atoms with E-state index < -0.39 is 0 Å². The zero-order valence-corrected chi connectivity index (χ0v) is 23.0. The molecule has 5 nitrogen and oxygen atoms in total. The molecule has 9 rings (SSSR count). The molecule has 43 heavy (non-hydrogen) atoms. The van der Waals surface area contributed by atoms with E-state index in [0.717, 1.165) is 49.5 Å². The van der Waals surface area contributed by atoms with Gasteiger partial charge in [0.2, 0.25) is 0 Å². The van der Waals surface area contributed by atoms with Gasteiger partial charge in [0.15, 0.2) is 17.5 Å². The van der Waals surface area contributed by atoms with Crippen LogP contribution >= 0.6 is 0 Å². The topological polar surface area (TPSA) is 56.0 Å². The average molecular weight is 550 g/mol. The van der Waals surface area contributed by atoms with Crippen molar-refractivity contribution in [2.45, 2.75) is 0 Å². The molecule has 3 heterocycles. The maximum absolute atomic E-state index is 5.10. The van der Waals surface area contributed by atoms with Crippen molar-refractivity contribution < 1.29 is 0 Å². The number of benzene rings is 6. The Bertz CT molecular complexity index is 2440.